The quantitative estimate of drug-likeness (QED) is 0.605. The Morgan fingerprint density at radius 1 is 1.53 bits per heavy atom. The molecule has 1 fully saturated rings. The molecule has 1 atom stereocenters. The van der Waals surface area contributed by atoms with E-state index in [1.807, 2.05) is 24.3 Å². The molecule has 0 spiro atoms. The lowest BCUT2D eigenvalue weighted by Crippen LogP contribution is -2.12. The molecule has 1 unspecified atom stereocenters. The van der Waals surface area contributed by atoms with Crippen LogP contribution in [0.25, 0.3) is 0 Å². The summed E-state index contributed by atoms with van der Waals surface area (Å²) in [6.07, 6.45) is -0.729. The molecule has 0 radical (unpaired) electrons. The Balaban J connectivity index is 1.85. The van der Waals surface area contributed by atoms with Crippen molar-refractivity contribution >= 4 is 29.5 Å². The van der Waals surface area contributed by atoms with Gasteiger partial charge in [0.15, 0.2) is 0 Å². The van der Waals surface area contributed by atoms with Crippen molar-refractivity contribution in [2.45, 2.75) is 11.0 Å². The number of halogens is 1. The van der Waals surface area contributed by atoms with Gasteiger partial charge >= 0.3 is 6.16 Å². The van der Waals surface area contributed by atoms with E-state index < -0.39 is 6.16 Å². The standard InChI is InChI=1S/C10H9ClO3S/c11-7-2-1-3-9(4-7)15-6-8-5-13-10(12)14-8/h1-4,8H,5-6H2. The average molecular weight is 245 g/mol. The van der Waals surface area contributed by atoms with Crippen LogP contribution >= 0.6 is 23.4 Å². The minimum absolute atomic E-state index is 0.151. The Labute approximate surface area is 96.7 Å². The van der Waals surface area contributed by atoms with Gasteiger partial charge in [0.2, 0.25) is 0 Å². The molecule has 0 aliphatic carbocycles. The fourth-order valence-corrected chi connectivity index (χ4v) is 2.38. The van der Waals surface area contributed by atoms with Crippen molar-refractivity contribution in [1.29, 1.82) is 0 Å². The maximum atomic E-state index is 10.6. The van der Waals surface area contributed by atoms with Gasteiger partial charge in [-0.1, -0.05) is 17.7 Å². The lowest BCUT2D eigenvalue weighted by molar-refractivity contribution is 0.122. The first-order valence-corrected chi connectivity index (χ1v) is 5.82. The summed E-state index contributed by atoms with van der Waals surface area (Å²) >= 11 is 7.43. The molecule has 1 aromatic carbocycles. The molecular formula is C10H9ClO3S. The van der Waals surface area contributed by atoms with Crippen molar-refractivity contribution in [3.05, 3.63) is 29.3 Å². The second-order valence-corrected chi connectivity index (χ2v) is 4.60. The molecule has 0 N–H and O–H groups in total. The second kappa shape index (κ2) is 4.77. The van der Waals surface area contributed by atoms with Gasteiger partial charge in [-0.2, -0.15) is 0 Å². The van der Waals surface area contributed by atoms with Crippen LogP contribution in [0.2, 0.25) is 5.02 Å². The number of carbonyl (C=O) groups is 1. The molecule has 5 heteroatoms. The summed E-state index contributed by atoms with van der Waals surface area (Å²) in [4.78, 5) is 11.7. The van der Waals surface area contributed by atoms with Crippen LogP contribution in [0.5, 0.6) is 0 Å². The zero-order valence-corrected chi connectivity index (χ0v) is 9.38. The predicted octanol–water partition coefficient (Wildman–Crippen LogP) is 2.97. The van der Waals surface area contributed by atoms with Crippen molar-refractivity contribution < 1.29 is 14.3 Å². The lowest BCUT2D eigenvalue weighted by atomic mass is 10.4. The molecule has 1 heterocycles. The highest BCUT2D eigenvalue weighted by molar-refractivity contribution is 7.99. The van der Waals surface area contributed by atoms with Gasteiger partial charge in [0.05, 0.1) is 0 Å². The van der Waals surface area contributed by atoms with Crippen molar-refractivity contribution in [1.82, 2.24) is 0 Å². The lowest BCUT2D eigenvalue weighted by Gasteiger charge is -2.05. The molecule has 3 nitrogen and oxygen atoms in total. The van der Waals surface area contributed by atoms with E-state index in [9.17, 15) is 4.79 Å². The molecule has 0 bridgehead atoms. The topological polar surface area (TPSA) is 35.5 Å². The number of hydrogen-bond donors (Lipinski definition) is 0. The van der Waals surface area contributed by atoms with Crippen LogP contribution in [0, 0.1) is 0 Å². The van der Waals surface area contributed by atoms with E-state index in [-0.39, 0.29) is 6.10 Å². The molecule has 1 aliphatic rings. The van der Waals surface area contributed by atoms with Crippen LogP contribution in [-0.4, -0.2) is 24.6 Å². The number of hydrogen-bond acceptors (Lipinski definition) is 4. The van der Waals surface area contributed by atoms with Gasteiger partial charge in [-0.25, -0.2) is 4.79 Å². The van der Waals surface area contributed by atoms with Crippen LogP contribution in [0.4, 0.5) is 4.79 Å². The van der Waals surface area contributed by atoms with E-state index >= 15 is 0 Å². The number of ether oxygens (including phenoxy) is 2. The van der Waals surface area contributed by atoms with E-state index in [0.29, 0.717) is 17.4 Å². The predicted molar refractivity (Wildman–Crippen MR) is 58.4 cm³/mol. The first kappa shape index (κ1) is 10.6. The van der Waals surface area contributed by atoms with E-state index in [0.717, 1.165) is 4.90 Å². The Bertz CT molecular complexity index is 369. The SMILES string of the molecule is O=C1OCC(CSc2cccc(Cl)c2)O1. The Morgan fingerprint density at radius 2 is 2.40 bits per heavy atom. The van der Waals surface area contributed by atoms with Crippen LogP contribution in [-0.2, 0) is 9.47 Å². The summed E-state index contributed by atoms with van der Waals surface area (Å²) in [6.45, 7) is 0.340. The molecule has 0 aromatic heterocycles. The van der Waals surface area contributed by atoms with Crippen LogP contribution in [0.1, 0.15) is 0 Å². The average Bonchev–Trinajstić information content (AvgIpc) is 2.62. The molecule has 1 saturated heterocycles. The molecule has 0 amide bonds. The second-order valence-electron chi connectivity index (χ2n) is 3.07. The van der Waals surface area contributed by atoms with Crippen LogP contribution in [0.3, 0.4) is 0 Å². The van der Waals surface area contributed by atoms with Crippen molar-refractivity contribution in [2.24, 2.45) is 0 Å². The summed E-state index contributed by atoms with van der Waals surface area (Å²) in [5.74, 6) is 0.687. The molecule has 0 saturated carbocycles. The number of cyclic esters (lactones) is 2. The Kier molecular flexibility index (Phi) is 3.38. The van der Waals surface area contributed by atoms with Crippen LogP contribution < -0.4 is 0 Å². The zero-order valence-electron chi connectivity index (χ0n) is 7.81. The maximum Gasteiger partial charge on any atom is 0.508 e. The molecule has 1 aliphatic heterocycles. The van der Waals surface area contributed by atoms with Gasteiger partial charge in [0, 0.05) is 15.7 Å². The first-order chi connectivity index (χ1) is 7.24. The van der Waals surface area contributed by atoms with Crippen molar-refractivity contribution in [2.75, 3.05) is 12.4 Å². The van der Waals surface area contributed by atoms with Gasteiger partial charge in [0.1, 0.15) is 12.7 Å². The van der Waals surface area contributed by atoms with Crippen molar-refractivity contribution in [3.8, 4) is 0 Å². The third-order valence-corrected chi connectivity index (χ3v) is 3.24. The summed E-state index contributed by atoms with van der Waals surface area (Å²) < 4.78 is 9.58. The number of benzene rings is 1. The fraction of sp³-hybridized carbons (Fsp3) is 0.300. The Morgan fingerprint density at radius 3 is 3.07 bits per heavy atom. The molecule has 80 valence electrons. The van der Waals surface area contributed by atoms with Crippen molar-refractivity contribution in [3.63, 3.8) is 0 Å². The molecule has 1 aromatic rings. The molecule has 15 heavy (non-hydrogen) atoms. The van der Waals surface area contributed by atoms with E-state index in [1.165, 1.54) is 0 Å². The van der Waals surface area contributed by atoms with E-state index in [4.69, 9.17) is 16.3 Å². The van der Waals surface area contributed by atoms with E-state index in [1.54, 1.807) is 11.8 Å². The maximum absolute atomic E-state index is 10.6. The van der Waals surface area contributed by atoms with Gasteiger partial charge < -0.3 is 9.47 Å². The van der Waals surface area contributed by atoms with Gasteiger partial charge in [-0.15, -0.1) is 11.8 Å². The monoisotopic (exact) mass is 244 g/mol. The minimum Gasteiger partial charge on any atom is -0.430 e. The fourth-order valence-electron chi connectivity index (χ4n) is 1.19. The zero-order chi connectivity index (χ0) is 10.7. The smallest absolute Gasteiger partial charge is 0.430 e. The van der Waals surface area contributed by atoms with Gasteiger partial charge in [-0.05, 0) is 18.2 Å². The third kappa shape index (κ3) is 3.04. The first-order valence-electron chi connectivity index (χ1n) is 4.46. The highest BCUT2D eigenvalue weighted by Crippen LogP contribution is 2.24. The highest BCUT2D eigenvalue weighted by atomic mass is 35.5. The number of thioether (sulfide) groups is 1. The van der Waals surface area contributed by atoms with Gasteiger partial charge in [0.25, 0.3) is 0 Å². The summed E-state index contributed by atoms with van der Waals surface area (Å²) in [7, 11) is 0. The minimum atomic E-state index is -0.577. The summed E-state index contributed by atoms with van der Waals surface area (Å²) in [5.41, 5.74) is 0. The largest absolute Gasteiger partial charge is 0.508 e. The number of rotatable bonds is 3. The molecular weight excluding hydrogens is 236 g/mol. The normalized spacial score (nSPS) is 19.8. The van der Waals surface area contributed by atoms with Gasteiger partial charge in [-0.3, -0.25) is 0 Å². The third-order valence-electron chi connectivity index (χ3n) is 1.88. The summed E-state index contributed by atoms with van der Waals surface area (Å²) in [5, 5.41) is 0.708. The van der Waals surface area contributed by atoms with Crippen LogP contribution in [0.15, 0.2) is 29.2 Å². The summed E-state index contributed by atoms with van der Waals surface area (Å²) in [6, 6.07) is 7.56. The van der Waals surface area contributed by atoms with E-state index in [2.05, 4.69) is 4.74 Å². The number of carbonyl (C=O) groups excluding carboxylic acids is 1. The highest BCUT2D eigenvalue weighted by Gasteiger charge is 2.24. The molecule has 2 rings (SSSR count). The Hall–Kier alpha value is -0.870.